The lowest BCUT2D eigenvalue weighted by Gasteiger charge is -2.18. The molecule has 6 heteroatoms. The van der Waals surface area contributed by atoms with Gasteiger partial charge < -0.3 is 19.7 Å². The van der Waals surface area contributed by atoms with E-state index in [-0.39, 0.29) is 18.2 Å². The van der Waals surface area contributed by atoms with Gasteiger partial charge in [-0.2, -0.15) is 0 Å². The Labute approximate surface area is 92.8 Å². The van der Waals surface area contributed by atoms with Crippen molar-refractivity contribution in [2.45, 2.75) is 6.92 Å². The van der Waals surface area contributed by atoms with Crippen molar-refractivity contribution in [2.75, 3.05) is 25.0 Å². The quantitative estimate of drug-likeness (QED) is 0.766. The van der Waals surface area contributed by atoms with E-state index in [1.165, 1.54) is 12.1 Å². The third-order valence-corrected chi connectivity index (χ3v) is 2.11. The number of rotatable bonds is 5. The number of nitrogens with zero attached hydrogens (tertiary/aromatic N) is 1. The number of carbonyl (C=O) groups is 2. The predicted octanol–water partition coefficient (Wildman–Crippen LogP) is 0.550. The van der Waals surface area contributed by atoms with E-state index in [2.05, 4.69) is 5.32 Å². The fourth-order valence-electron chi connectivity index (χ4n) is 1.21. The molecule has 0 atom stereocenters. The molecular weight excluding hydrogens is 212 g/mol. The van der Waals surface area contributed by atoms with Crippen LogP contribution in [0, 0.1) is 0 Å². The van der Waals surface area contributed by atoms with E-state index < -0.39 is 5.97 Å². The summed E-state index contributed by atoms with van der Waals surface area (Å²) in [5.41, 5.74) is 0. The van der Waals surface area contributed by atoms with Crippen LogP contribution in [-0.2, 0) is 4.79 Å². The largest absolute Gasteiger partial charge is 0.475 e. The fraction of sp³-hybridized carbons (Fsp3) is 0.400. The molecule has 1 aromatic rings. The molecule has 0 aromatic carbocycles. The van der Waals surface area contributed by atoms with Gasteiger partial charge in [0.25, 0.3) is 0 Å². The summed E-state index contributed by atoms with van der Waals surface area (Å²) in [6.45, 7) is 2.55. The van der Waals surface area contributed by atoms with Gasteiger partial charge in [-0.1, -0.05) is 0 Å². The van der Waals surface area contributed by atoms with E-state index in [1.54, 1.807) is 11.9 Å². The first-order valence-corrected chi connectivity index (χ1v) is 4.87. The first-order valence-electron chi connectivity index (χ1n) is 4.87. The molecule has 0 radical (unpaired) electrons. The standard InChI is InChI=1S/C10H14N2O4/c1-3-12(6-8(13)11-2)9-5-4-7(16-9)10(14)15/h4-5H,3,6H2,1-2H3,(H,11,13)(H,14,15). The molecule has 6 nitrogen and oxygen atoms in total. The van der Waals surface area contributed by atoms with E-state index >= 15 is 0 Å². The summed E-state index contributed by atoms with van der Waals surface area (Å²) >= 11 is 0. The van der Waals surface area contributed by atoms with Gasteiger partial charge in [0.15, 0.2) is 5.88 Å². The van der Waals surface area contributed by atoms with Crippen molar-refractivity contribution in [1.82, 2.24) is 5.32 Å². The van der Waals surface area contributed by atoms with Crippen molar-refractivity contribution in [3.8, 4) is 0 Å². The topological polar surface area (TPSA) is 82.8 Å². The molecule has 1 rings (SSSR count). The van der Waals surface area contributed by atoms with Gasteiger partial charge in [-0.25, -0.2) is 4.79 Å². The molecule has 2 N–H and O–H groups in total. The maximum atomic E-state index is 11.2. The number of carbonyl (C=O) groups excluding carboxylic acids is 1. The van der Waals surface area contributed by atoms with Gasteiger partial charge in [0, 0.05) is 19.7 Å². The van der Waals surface area contributed by atoms with Crippen LogP contribution in [0.15, 0.2) is 16.5 Å². The summed E-state index contributed by atoms with van der Waals surface area (Å²) < 4.78 is 5.09. The van der Waals surface area contributed by atoms with Crippen molar-refractivity contribution in [3.05, 3.63) is 17.9 Å². The second-order valence-corrected chi connectivity index (χ2v) is 3.13. The highest BCUT2D eigenvalue weighted by Gasteiger charge is 2.15. The molecule has 1 amide bonds. The first-order chi connectivity index (χ1) is 7.58. The number of hydrogen-bond donors (Lipinski definition) is 2. The fourth-order valence-corrected chi connectivity index (χ4v) is 1.21. The molecule has 0 spiro atoms. The normalized spacial score (nSPS) is 9.88. The minimum atomic E-state index is -1.12. The Balaban J connectivity index is 2.78. The average molecular weight is 226 g/mol. The van der Waals surface area contributed by atoms with Gasteiger partial charge in [-0.05, 0) is 13.0 Å². The number of likely N-dealkylation sites (N-methyl/N-ethyl adjacent to an activating group) is 2. The smallest absolute Gasteiger partial charge is 0.371 e. The zero-order valence-electron chi connectivity index (χ0n) is 9.19. The van der Waals surface area contributed by atoms with Crippen molar-refractivity contribution < 1.29 is 19.1 Å². The lowest BCUT2D eigenvalue weighted by Crippen LogP contribution is -2.35. The number of amides is 1. The van der Waals surface area contributed by atoms with Gasteiger partial charge in [0.2, 0.25) is 11.7 Å². The van der Waals surface area contributed by atoms with Crippen LogP contribution >= 0.6 is 0 Å². The van der Waals surface area contributed by atoms with E-state index in [0.717, 1.165) is 0 Å². The van der Waals surface area contributed by atoms with Crippen LogP contribution in [-0.4, -0.2) is 37.1 Å². The lowest BCUT2D eigenvalue weighted by atomic mass is 10.4. The molecule has 0 unspecified atom stereocenters. The van der Waals surface area contributed by atoms with Crippen LogP contribution < -0.4 is 10.2 Å². The predicted molar refractivity (Wildman–Crippen MR) is 57.6 cm³/mol. The lowest BCUT2D eigenvalue weighted by molar-refractivity contribution is -0.119. The van der Waals surface area contributed by atoms with Gasteiger partial charge in [-0.3, -0.25) is 4.79 Å². The second kappa shape index (κ2) is 5.20. The third kappa shape index (κ3) is 2.75. The highest BCUT2D eigenvalue weighted by molar-refractivity contribution is 5.85. The third-order valence-electron chi connectivity index (χ3n) is 2.11. The maximum absolute atomic E-state index is 11.2. The second-order valence-electron chi connectivity index (χ2n) is 3.13. The highest BCUT2D eigenvalue weighted by atomic mass is 16.4. The Morgan fingerprint density at radius 3 is 2.62 bits per heavy atom. The Morgan fingerprint density at radius 2 is 2.19 bits per heavy atom. The van der Waals surface area contributed by atoms with Crippen molar-refractivity contribution >= 4 is 17.8 Å². The Hall–Kier alpha value is -1.98. The molecule has 1 heterocycles. The average Bonchev–Trinajstić information content (AvgIpc) is 2.74. The van der Waals surface area contributed by atoms with Crippen molar-refractivity contribution in [3.63, 3.8) is 0 Å². The summed E-state index contributed by atoms with van der Waals surface area (Å²) in [5.74, 6) is -1.04. The summed E-state index contributed by atoms with van der Waals surface area (Å²) in [4.78, 5) is 23.4. The minimum Gasteiger partial charge on any atom is -0.475 e. The van der Waals surface area contributed by atoms with Crippen LogP contribution in [0.25, 0.3) is 0 Å². The number of carboxylic acid groups (broad SMARTS) is 1. The van der Waals surface area contributed by atoms with Gasteiger partial charge in [-0.15, -0.1) is 0 Å². The molecule has 0 fully saturated rings. The summed E-state index contributed by atoms with van der Waals surface area (Å²) in [7, 11) is 1.54. The monoisotopic (exact) mass is 226 g/mol. The minimum absolute atomic E-state index is 0.134. The zero-order chi connectivity index (χ0) is 12.1. The van der Waals surface area contributed by atoms with Crippen LogP contribution in [0.3, 0.4) is 0 Å². The van der Waals surface area contributed by atoms with E-state index in [0.29, 0.717) is 12.4 Å². The van der Waals surface area contributed by atoms with Crippen LogP contribution in [0.2, 0.25) is 0 Å². The van der Waals surface area contributed by atoms with Crippen LogP contribution in [0.5, 0.6) is 0 Å². The zero-order valence-corrected chi connectivity index (χ0v) is 9.19. The number of nitrogens with one attached hydrogen (secondary N) is 1. The SMILES string of the molecule is CCN(CC(=O)NC)c1ccc(C(=O)O)o1. The summed E-state index contributed by atoms with van der Waals surface area (Å²) in [5, 5.41) is 11.2. The number of anilines is 1. The molecule has 0 saturated heterocycles. The van der Waals surface area contributed by atoms with Gasteiger partial charge in [0.05, 0.1) is 6.54 Å². The molecule has 88 valence electrons. The molecule has 0 saturated carbocycles. The van der Waals surface area contributed by atoms with E-state index in [9.17, 15) is 9.59 Å². The highest BCUT2D eigenvalue weighted by Crippen LogP contribution is 2.18. The van der Waals surface area contributed by atoms with Crippen molar-refractivity contribution in [1.29, 1.82) is 0 Å². The summed E-state index contributed by atoms with van der Waals surface area (Å²) in [6, 6.07) is 2.90. The maximum Gasteiger partial charge on any atom is 0.371 e. The van der Waals surface area contributed by atoms with E-state index in [4.69, 9.17) is 9.52 Å². The first kappa shape index (κ1) is 12.1. The van der Waals surface area contributed by atoms with Crippen molar-refractivity contribution in [2.24, 2.45) is 0 Å². The number of carboxylic acids is 1. The number of furan rings is 1. The molecule has 0 aliphatic rings. The molecule has 16 heavy (non-hydrogen) atoms. The van der Waals surface area contributed by atoms with Gasteiger partial charge >= 0.3 is 5.97 Å². The van der Waals surface area contributed by atoms with Gasteiger partial charge in [0.1, 0.15) is 0 Å². The van der Waals surface area contributed by atoms with E-state index in [1.807, 2.05) is 6.92 Å². The molecule has 0 bridgehead atoms. The number of hydrogen-bond acceptors (Lipinski definition) is 4. The molecule has 0 aliphatic heterocycles. The Kier molecular flexibility index (Phi) is 3.93. The Bertz CT molecular complexity index is 386. The molecule has 1 aromatic heterocycles. The molecular formula is C10H14N2O4. The van der Waals surface area contributed by atoms with Crippen LogP contribution in [0.4, 0.5) is 5.88 Å². The summed E-state index contributed by atoms with van der Waals surface area (Å²) in [6.07, 6.45) is 0. The Morgan fingerprint density at radius 1 is 1.50 bits per heavy atom. The van der Waals surface area contributed by atoms with Crippen LogP contribution in [0.1, 0.15) is 17.5 Å². The number of aromatic carboxylic acids is 1. The molecule has 0 aliphatic carbocycles.